The molecule has 0 saturated carbocycles. The fourth-order valence-corrected chi connectivity index (χ4v) is 2.34. The smallest absolute Gasteiger partial charge is 0.253 e. The fraction of sp³-hybridized carbons (Fsp3) is 0.0952. The van der Waals surface area contributed by atoms with E-state index in [9.17, 15) is 9.59 Å². The zero-order chi connectivity index (χ0) is 18.2. The number of amides is 1. The minimum atomic E-state index is -0.325. The van der Waals surface area contributed by atoms with Crippen molar-refractivity contribution in [3.05, 3.63) is 95.8 Å². The van der Waals surface area contributed by atoms with E-state index in [2.05, 4.69) is 10.3 Å². The second-order valence-corrected chi connectivity index (χ2v) is 5.65. The van der Waals surface area contributed by atoms with Crippen molar-refractivity contribution in [2.45, 2.75) is 6.61 Å². The van der Waals surface area contributed by atoms with Crippen LogP contribution in [-0.4, -0.2) is 23.2 Å². The molecule has 1 N–H and O–H groups in total. The molecule has 0 aliphatic rings. The monoisotopic (exact) mass is 346 g/mol. The standard InChI is InChI=1S/C21H18N2O3/c24-20(14-23-21(25)18-7-4-12-22-13-18)17-8-10-19(11-9-17)26-15-16-5-2-1-3-6-16/h1-13H,14-15H2,(H,23,25). The topological polar surface area (TPSA) is 68.3 Å². The predicted octanol–water partition coefficient (Wildman–Crippen LogP) is 3.27. The molecular formula is C21H18N2O3. The summed E-state index contributed by atoms with van der Waals surface area (Å²) in [5, 5.41) is 2.60. The maximum absolute atomic E-state index is 12.2. The second kappa shape index (κ2) is 8.58. The summed E-state index contributed by atoms with van der Waals surface area (Å²) in [5.41, 5.74) is 2.01. The van der Waals surface area contributed by atoms with E-state index >= 15 is 0 Å². The van der Waals surface area contributed by atoms with Crippen molar-refractivity contribution >= 4 is 11.7 Å². The number of ether oxygens (including phenoxy) is 1. The van der Waals surface area contributed by atoms with Gasteiger partial charge in [0.1, 0.15) is 12.4 Å². The van der Waals surface area contributed by atoms with Crippen LogP contribution in [0.5, 0.6) is 5.75 Å². The Hall–Kier alpha value is -3.47. The number of nitrogens with one attached hydrogen (secondary N) is 1. The molecule has 0 radical (unpaired) electrons. The lowest BCUT2D eigenvalue weighted by Gasteiger charge is -2.08. The van der Waals surface area contributed by atoms with Gasteiger partial charge >= 0.3 is 0 Å². The van der Waals surface area contributed by atoms with E-state index in [1.54, 1.807) is 42.6 Å². The number of aromatic nitrogens is 1. The molecule has 26 heavy (non-hydrogen) atoms. The summed E-state index contributed by atoms with van der Waals surface area (Å²) < 4.78 is 5.69. The first-order valence-corrected chi connectivity index (χ1v) is 8.20. The Kier molecular flexibility index (Phi) is 5.72. The molecule has 0 fully saturated rings. The summed E-state index contributed by atoms with van der Waals surface area (Å²) in [5.74, 6) is 0.191. The van der Waals surface area contributed by atoms with Crippen LogP contribution in [0.25, 0.3) is 0 Å². The van der Waals surface area contributed by atoms with Gasteiger partial charge in [0.15, 0.2) is 5.78 Å². The third kappa shape index (κ3) is 4.77. The van der Waals surface area contributed by atoms with E-state index in [-0.39, 0.29) is 18.2 Å². The molecule has 0 unspecified atom stereocenters. The number of nitrogens with zero attached hydrogens (tertiary/aromatic N) is 1. The highest BCUT2D eigenvalue weighted by Gasteiger charge is 2.10. The van der Waals surface area contributed by atoms with E-state index in [0.717, 1.165) is 5.56 Å². The molecule has 0 bridgehead atoms. The molecule has 3 aromatic rings. The molecule has 0 spiro atoms. The normalized spacial score (nSPS) is 10.2. The lowest BCUT2D eigenvalue weighted by atomic mass is 10.1. The molecule has 3 rings (SSSR count). The molecule has 2 aromatic carbocycles. The van der Waals surface area contributed by atoms with Gasteiger partial charge < -0.3 is 10.1 Å². The Morgan fingerprint density at radius 2 is 1.65 bits per heavy atom. The Morgan fingerprint density at radius 1 is 0.885 bits per heavy atom. The maximum atomic E-state index is 12.2. The number of carbonyl (C=O) groups is 2. The van der Waals surface area contributed by atoms with E-state index in [0.29, 0.717) is 23.5 Å². The number of hydrogen-bond donors (Lipinski definition) is 1. The minimum Gasteiger partial charge on any atom is -0.489 e. The van der Waals surface area contributed by atoms with Crippen molar-refractivity contribution < 1.29 is 14.3 Å². The quantitative estimate of drug-likeness (QED) is 0.667. The highest BCUT2D eigenvalue weighted by molar-refractivity contribution is 6.02. The van der Waals surface area contributed by atoms with E-state index in [1.165, 1.54) is 6.20 Å². The summed E-state index contributed by atoms with van der Waals surface area (Å²) in [6.45, 7) is 0.396. The highest BCUT2D eigenvalue weighted by atomic mass is 16.5. The third-order valence-electron chi connectivity index (χ3n) is 3.76. The molecule has 0 saturated heterocycles. The highest BCUT2D eigenvalue weighted by Crippen LogP contribution is 2.14. The first-order valence-electron chi connectivity index (χ1n) is 8.20. The van der Waals surface area contributed by atoms with Gasteiger partial charge in [-0.25, -0.2) is 0 Å². The van der Waals surface area contributed by atoms with Gasteiger partial charge in [-0.2, -0.15) is 0 Å². The van der Waals surface area contributed by atoms with Crippen molar-refractivity contribution in [2.75, 3.05) is 6.54 Å². The van der Waals surface area contributed by atoms with Crippen molar-refractivity contribution in [3.63, 3.8) is 0 Å². The van der Waals surface area contributed by atoms with Crippen LogP contribution in [0, 0.1) is 0 Å². The van der Waals surface area contributed by atoms with Gasteiger partial charge in [0.05, 0.1) is 12.1 Å². The van der Waals surface area contributed by atoms with Crippen molar-refractivity contribution in [1.29, 1.82) is 0 Å². The Balaban J connectivity index is 1.51. The maximum Gasteiger partial charge on any atom is 0.253 e. The predicted molar refractivity (Wildman–Crippen MR) is 98.1 cm³/mol. The second-order valence-electron chi connectivity index (χ2n) is 5.65. The van der Waals surface area contributed by atoms with Gasteiger partial charge in [0.2, 0.25) is 0 Å². The molecule has 1 heterocycles. The van der Waals surface area contributed by atoms with E-state index in [1.807, 2.05) is 30.3 Å². The van der Waals surface area contributed by atoms with E-state index in [4.69, 9.17) is 4.74 Å². The van der Waals surface area contributed by atoms with Gasteiger partial charge in [-0.3, -0.25) is 14.6 Å². The number of Topliss-reactive ketones (excluding diaryl/α,β-unsaturated/α-hetero) is 1. The first-order chi connectivity index (χ1) is 12.7. The van der Waals surface area contributed by atoms with Crippen LogP contribution in [-0.2, 0) is 6.61 Å². The molecule has 1 amide bonds. The van der Waals surface area contributed by atoms with Crippen LogP contribution >= 0.6 is 0 Å². The number of rotatable bonds is 7. The number of benzene rings is 2. The first kappa shape index (κ1) is 17.4. The average molecular weight is 346 g/mol. The Morgan fingerprint density at radius 3 is 2.35 bits per heavy atom. The molecule has 0 aliphatic carbocycles. The summed E-state index contributed by atoms with van der Waals surface area (Å²) >= 11 is 0. The van der Waals surface area contributed by atoms with E-state index < -0.39 is 0 Å². The molecule has 0 aliphatic heterocycles. The molecular weight excluding hydrogens is 328 g/mol. The molecule has 1 aromatic heterocycles. The van der Waals surface area contributed by atoms with Gasteiger partial charge in [-0.15, -0.1) is 0 Å². The zero-order valence-corrected chi connectivity index (χ0v) is 14.1. The summed E-state index contributed by atoms with van der Waals surface area (Å²) in [6.07, 6.45) is 3.04. The zero-order valence-electron chi connectivity index (χ0n) is 14.1. The van der Waals surface area contributed by atoms with Crippen LogP contribution in [0.1, 0.15) is 26.3 Å². The molecule has 130 valence electrons. The Labute approximate surface area is 151 Å². The van der Waals surface area contributed by atoms with Gasteiger partial charge in [-0.05, 0) is 42.0 Å². The summed E-state index contributed by atoms with van der Waals surface area (Å²) in [7, 11) is 0. The van der Waals surface area contributed by atoms with Crippen LogP contribution in [0.2, 0.25) is 0 Å². The van der Waals surface area contributed by atoms with Crippen LogP contribution in [0.3, 0.4) is 0 Å². The van der Waals surface area contributed by atoms with Crippen LogP contribution < -0.4 is 10.1 Å². The number of ketones is 1. The lowest BCUT2D eigenvalue weighted by Crippen LogP contribution is -2.29. The van der Waals surface area contributed by atoms with Crippen molar-refractivity contribution in [1.82, 2.24) is 10.3 Å². The summed E-state index contributed by atoms with van der Waals surface area (Å²) in [6, 6.07) is 20.1. The van der Waals surface area contributed by atoms with Crippen LogP contribution in [0.15, 0.2) is 79.1 Å². The summed E-state index contributed by atoms with van der Waals surface area (Å²) in [4.78, 5) is 28.0. The van der Waals surface area contributed by atoms with Gasteiger partial charge in [-0.1, -0.05) is 30.3 Å². The fourth-order valence-electron chi connectivity index (χ4n) is 2.34. The van der Waals surface area contributed by atoms with Gasteiger partial charge in [0, 0.05) is 18.0 Å². The number of pyridine rings is 1. The third-order valence-corrected chi connectivity index (χ3v) is 3.76. The Bertz CT molecular complexity index is 863. The molecule has 0 atom stereocenters. The molecule has 5 nitrogen and oxygen atoms in total. The SMILES string of the molecule is O=C(CNC(=O)c1cccnc1)c1ccc(OCc2ccccc2)cc1. The van der Waals surface area contributed by atoms with Crippen LogP contribution in [0.4, 0.5) is 0 Å². The molecule has 5 heteroatoms. The van der Waals surface area contributed by atoms with Gasteiger partial charge in [0.25, 0.3) is 5.91 Å². The number of hydrogen-bond acceptors (Lipinski definition) is 4. The number of carbonyl (C=O) groups excluding carboxylic acids is 2. The minimum absolute atomic E-state index is 0.0715. The van der Waals surface area contributed by atoms with Crippen molar-refractivity contribution in [2.24, 2.45) is 0 Å². The average Bonchev–Trinajstić information content (AvgIpc) is 2.72. The largest absolute Gasteiger partial charge is 0.489 e. The van der Waals surface area contributed by atoms with Crippen molar-refractivity contribution in [3.8, 4) is 5.75 Å². The lowest BCUT2D eigenvalue weighted by molar-refractivity contribution is 0.0904.